The predicted octanol–water partition coefficient (Wildman–Crippen LogP) is 2.93. The third kappa shape index (κ3) is 3.97. The lowest BCUT2D eigenvalue weighted by molar-refractivity contribution is 0.255. The number of benzene rings is 1. The van der Waals surface area contributed by atoms with Crippen molar-refractivity contribution in [3.05, 3.63) is 29.8 Å². The summed E-state index contributed by atoms with van der Waals surface area (Å²) in [5, 5.41) is 13.2. The van der Waals surface area contributed by atoms with E-state index in [2.05, 4.69) is 41.4 Å². The molecular weight excluding hydrogens is 248 g/mol. The van der Waals surface area contributed by atoms with Crippen LogP contribution in [0, 0.1) is 0 Å². The summed E-state index contributed by atoms with van der Waals surface area (Å²) in [6.45, 7) is 5.48. The molecule has 1 aromatic carbocycles. The van der Waals surface area contributed by atoms with E-state index in [-0.39, 0.29) is 12.6 Å². The van der Waals surface area contributed by atoms with E-state index in [1.54, 1.807) is 0 Å². The molecule has 112 valence electrons. The Morgan fingerprint density at radius 2 is 2.10 bits per heavy atom. The normalized spacial score (nSPS) is 19.9. The van der Waals surface area contributed by atoms with Gasteiger partial charge in [0.05, 0.1) is 12.6 Å². The topological polar surface area (TPSA) is 35.5 Å². The minimum absolute atomic E-state index is 0.261. The van der Waals surface area contributed by atoms with Crippen molar-refractivity contribution >= 4 is 5.69 Å². The van der Waals surface area contributed by atoms with Gasteiger partial charge in [0.1, 0.15) is 0 Å². The maximum Gasteiger partial charge on any atom is 0.0635 e. The molecule has 2 N–H and O–H groups in total. The molecular formula is C17H28N2O. The standard InChI is InChI=1S/C17H28N2O/c1-2-11-18-13-15-8-5-6-10-17(15)19-12-7-3-4-9-16(19)14-20/h5-6,8,10,16,18,20H,2-4,7,9,11-14H2,1H3. The first-order chi connectivity index (χ1) is 9.86. The average molecular weight is 276 g/mol. The molecule has 1 aliphatic heterocycles. The Labute approximate surface area is 123 Å². The molecule has 1 heterocycles. The fourth-order valence-electron chi connectivity index (χ4n) is 3.02. The Morgan fingerprint density at radius 1 is 1.25 bits per heavy atom. The van der Waals surface area contributed by atoms with Crippen LogP contribution in [0.3, 0.4) is 0 Å². The summed E-state index contributed by atoms with van der Waals surface area (Å²) >= 11 is 0. The molecule has 0 radical (unpaired) electrons. The fraction of sp³-hybridized carbons (Fsp3) is 0.647. The molecule has 1 unspecified atom stereocenters. The van der Waals surface area contributed by atoms with E-state index in [4.69, 9.17) is 0 Å². The van der Waals surface area contributed by atoms with Crippen LogP contribution in [0.25, 0.3) is 0 Å². The van der Waals surface area contributed by atoms with Crippen molar-refractivity contribution in [1.29, 1.82) is 0 Å². The van der Waals surface area contributed by atoms with Crippen LogP contribution in [0.15, 0.2) is 24.3 Å². The molecule has 0 aromatic heterocycles. The van der Waals surface area contributed by atoms with Gasteiger partial charge in [-0.15, -0.1) is 0 Å². The van der Waals surface area contributed by atoms with E-state index < -0.39 is 0 Å². The van der Waals surface area contributed by atoms with Crippen LogP contribution < -0.4 is 10.2 Å². The highest BCUT2D eigenvalue weighted by atomic mass is 16.3. The first-order valence-electron chi connectivity index (χ1n) is 8.03. The lowest BCUT2D eigenvalue weighted by atomic mass is 10.1. The molecule has 0 bridgehead atoms. The predicted molar refractivity (Wildman–Crippen MR) is 85.1 cm³/mol. The fourth-order valence-corrected chi connectivity index (χ4v) is 3.02. The third-order valence-corrected chi connectivity index (χ3v) is 4.13. The van der Waals surface area contributed by atoms with E-state index in [0.29, 0.717) is 0 Å². The second kappa shape index (κ2) is 8.28. The number of aliphatic hydroxyl groups is 1. The number of rotatable bonds is 6. The zero-order valence-corrected chi connectivity index (χ0v) is 12.6. The zero-order valence-electron chi connectivity index (χ0n) is 12.6. The van der Waals surface area contributed by atoms with Gasteiger partial charge in [-0.05, 0) is 37.4 Å². The maximum absolute atomic E-state index is 9.70. The molecule has 1 aliphatic rings. The van der Waals surface area contributed by atoms with Crippen LogP contribution in [-0.2, 0) is 6.54 Å². The molecule has 20 heavy (non-hydrogen) atoms. The maximum atomic E-state index is 9.70. The largest absolute Gasteiger partial charge is 0.394 e. The average Bonchev–Trinajstić information content (AvgIpc) is 2.73. The van der Waals surface area contributed by atoms with Gasteiger partial charge in [0.25, 0.3) is 0 Å². The Balaban J connectivity index is 2.16. The minimum Gasteiger partial charge on any atom is -0.394 e. The Hall–Kier alpha value is -1.06. The number of nitrogens with one attached hydrogen (secondary N) is 1. The molecule has 0 saturated carbocycles. The summed E-state index contributed by atoms with van der Waals surface area (Å²) in [5.41, 5.74) is 2.65. The van der Waals surface area contributed by atoms with Crippen LogP contribution >= 0.6 is 0 Å². The molecule has 1 atom stereocenters. The molecule has 1 aromatic rings. The molecule has 0 amide bonds. The molecule has 1 saturated heterocycles. The highest BCUT2D eigenvalue weighted by molar-refractivity contribution is 5.54. The van der Waals surface area contributed by atoms with Gasteiger partial charge in [-0.25, -0.2) is 0 Å². The molecule has 0 aliphatic carbocycles. The van der Waals surface area contributed by atoms with Gasteiger partial charge in [-0.2, -0.15) is 0 Å². The van der Waals surface area contributed by atoms with Crippen molar-refractivity contribution in [2.45, 2.75) is 51.6 Å². The van der Waals surface area contributed by atoms with E-state index >= 15 is 0 Å². The number of aliphatic hydroxyl groups excluding tert-OH is 1. The van der Waals surface area contributed by atoms with E-state index in [1.165, 1.54) is 30.5 Å². The zero-order chi connectivity index (χ0) is 14.2. The Kier molecular flexibility index (Phi) is 6.34. The molecule has 2 rings (SSSR count). The first-order valence-corrected chi connectivity index (χ1v) is 8.03. The summed E-state index contributed by atoms with van der Waals surface area (Å²) in [4.78, 5) is 2.43. The summed E-state index contributed by atoms with van der Waals surface area (Å²) in [5.74, 6) is 0. The monoisotopic (exact) mass is 276 g/mol. The van der Waals surface area contributed by atoms with Crippen LogP contribution in [0.2, 0.25) is 0 Å². The number of hydrogen-bond donors (Lipinski definition) is 2. The van der Waals surface area contributed by atoms with Gasteiger partial charge < -0.3 is 15.3 Å². The van der Waals surface area contributed by atoms with Crippen LogP contribution in [0.1, 0.15) is 44.6 Å². The number of hydrogen-bond acceptors (Lipinski definition) is 3. The van der Waals surface area contributed by atoms with E-state index in [1.807, 2.05) is 0 Å². The third-order valence-electron chi connectivity index (χ3n) is 4.13. The smallest absolute Gasteiger partial charge is 0.0635 e. The number of anilines is 1. The number of nitrogens with zero attached hydrogens (tertiary/aromatic N) is 1. The van der Waals surface area contributed by atoms with Gasteiger partial charge in [-0.3, -0.25) is 0 Å². The van der Waals surface area contributed by atoms with Crippen molar-refractivity contribution in [1.82, 2.24) is 5.32 Å². The molecule has 3 heteroatoms. The van der Waals surface area contributed by atoms with Crippen molar-refractivity contribution < 1.29 is 5.11 Å². The molecule has 0 spiro atoms. The van der Waals surface area contributed by atoms with Gasteiger partial charge in [-0.1, -0.05) is 38.0 Å². The minimum atomic E-state index is 0.261. The van der Waals surface area contributed by atoms with Gasteiger partial charge in [0, 0.05) is 18.8 Å². The lowest BCUT2D eigenvalue weighted by Gasteiger charge is -2.32. The van der Waals surface area contributed by atoms with Crippen molar-refractivity contribution in [2.24, 2.45) is 0 Å². The summed E-state index contributed by atoms with van der Waals surface area (Å²) < 4.78 is 0. The van der Waals surface area contributed by atoms with Gasteiger partial charge >= 0.3 is 0 Å². The number of para-hydroxylation sites is 1. The van der Waals surface area contributed by atoms with Crippen molar-refractivity contribution in [3.63, 3.8) is 0 Å². The SMILES string of the molecule is CCCNCc1ccccc1N1CCCCCC1CO. The van der Waals surface area contributed by atoms with Crippen molar-refractivity contribution in [3.8, 4) is 0 Å². The van der Waals surface area contributed by atoms with E-state index in [0.717, 1.165) is 32.5 Å². The van der Waals surface area contributed by atoms with Crippen LogP contribution in [0.5, 0.6) is 0 Å². The van der Waals surface area contributed by atoms with Crippen LogP contribution in [0.4, 0.5) is 5.69 Å². The highest BCUT2D eigenvalue weighted by Gasteiger charge is 2.22. The van der Waals surface area contributed by atoms with E-state index in [9.17, 15) is 5.11 Å². The molecule has 1 fully saturated rings. The first kappa shape index (κ1) is 15.3. The van der Waals surface area contributed by atoms with Gasteiger partial charge in [0.2, 0.25) is 0 Å². The van der Waals surface area contributed by atoms with Crippen molar-refractivity contribution in [2.75, 3.05) is 24.6 Å². The quantitative estimate of drug-likeness (QED) is 0.784. The lowest BCUT2D eigenvalue weighted by Crippen LogP contribution is -2.38. The summed E-state index contributed by atoms with van der Waals surface area (Å²) in [6.07, 6.45) is 6.01. The highest BCUT2D eigenvalue weighted by Crippen LogP contribution is 2.27. The molecule has 3 nitrogen and oxygen atoms in total. The summed E-state index contributed by atoms with van der Waals surface area (Å²) in [6, 6.07) is 8.91. The van der Waals surface area contributed by atoms with Crippen LogP contribution in [-0.4, -0.2) is 30.8 Å². The second-order valence-corrected chi connectivity index (χ2v) is 5.68. The second-order valence-electron chi connectivity index (χ2n) is 5.68. The Morgan fingerprint density at radius 3 is 2.90 bits per heavy atom. The summed E-state index contributed by atoms with van der Waals surface area (Å²) in [7, 11) is 0. The Bertz CT molecular complexity index is 394. The van der Waals surface area contributed by atoms with Gasteiger partial charge in [0.15, 0.2) is 0 Å².